The molecule has 0 spiro atoms. The summed E-state index contributed by atoms with van der Waals surface area (Å²) in [6.07, 6.45) is 0.635. The molecule has 25 heavy (non-hydrogen) atoms. The number of carbonyl (C=O) groups excluding carboxylic acids is 2. The molecule has 136 valence electrons. The molecule has 0 heterocycles. The van der Waals surface area contributed by atoms with E-state index in [1.807, 2.05) is 0 Å². The molecule has 2 amide bonds. The summed E-state index contributed by atoms with van der Waals surface area (Å²) >= 11 is 0. The predicted octanol–water partition coefficient (Wildman–Crippen LogP) is 0.0452. The Bertz CT molecular complexity index is 799. The first kappa shape index (κ1) is 18.9. The second kappa shape index (κ2) is 6.81. The first-order chi connectivity index (χ1) is 11.6. The van der Waals surface area contributed by atoms with Crippen LogP contribution in [0.2, 0.25) is 0 Å². The van der Waals surface area contributed by atoms with Crippen LogP contribution >= 0.6 is 0 Å². The minimum atomic E-state index is -3.98. The molecule has 1 aliphatic rings. The van der Waals surface area contributed by atoms with Crippen LogP contribution in [-0.2, 0) is 24.4 Å². The van der Waals surface area contributed by atoms with Crippen molar-refractivity contribution in [1.82, 2.24) is 10.0 Å². The topological polar surface area (TPSA) is 142 Å². The number of carboxylic acids is 1. The number of aliphatic carboxylic acids is 1. The van der Waals surface area contributed by atoms with E-state index >= 15 is 0 Å². The molecule has 1 atom stereocenters. The van der Waals surface area contributed by atoms with Gasteiger partial charge < -0.3 is 15.7 Å². The molecule has 0 aliphatic heterocycles. The van der Waals surface area contributed by atoms with E-state index in [0.29, 0.717) is 18.5 Å². The molecular weight excluding hydrogens is 350 g/mol. The highest BCUT2D eigenvalue weighted by molar-refractivity contribution is 7.89. The maximum atomic E-state index is 12.3. The second-order valence-corrected chi connectivity index (χ2v) is 7.64. The fourth-order valence-electron chi connectivity index (χ4n) is 2.14. The smallest absolute Gasteiger partial charge is 0.329 e. The van der Waals surface area contributed by atoms with Crippen molar-refractivity contribution in [3.05, 3.63) is 24.3 Å². The number of benzene rings is 1. The van der Waals surface area contributed by atoms with Crippen LogP contribution in [0.15, 0.2) is 29.2 Å². The van der Waals surface area contributed by atoms with Crippen LogP contribution < -0.4 is 15.4 Å². The van der Waals surface area contributed by atoms with E-state index in [0.717, 1.165) is 0 Å². The van der Waals surface area contributed by atoms with Gasteiger partial charge in [0, 0.05) is 12.6 Å². The van der Waals surface area contributed by atoms with Crippen molar-refractivity contribution in [2.75, 3.05) is 5.32 Å². The highest BCUT2D eigenvalue weighted by Gasteiger charge is 2.52. The average molecular weight is 369 g/mol. The van der Waals surface area contributed by atoms with Crippen LogP contribution in [0.25, 0.3) is 0 Å². The summed E-state index contributed by atoms with van der Waals surface area (Å²) in [5.41, 5.74) is -0.842. The predicted molar refractivity (Wildman–Crippen MR) is 88.3 cm³/mol. The third-order valence-corrected chi connectivity index (χ3v) is 5.29. The standard InChI is InChI=1S/C15H19N3O6S/c1-9(13(20)17-15(7-8-15)14(21)22)18-25(23,24)12-5-3-11(4-6-12)16-10(2)19/h3-6,9,18H,7-8H2,1-2H3,(H,16,19)(H,17,20)(H,21,22). The van der Waals surface area contributed by atoms with E-state index in [1.165, 1.54) is 38.1 Å². The maximum Gasteiger partial charge on any atom is 0.329 e. The van der Waals surface area contributed by atoms with Gasteiger partial charge in [-0.1, -0.05) is 0 Å². The van der Waals surface area contributed by atoms with E-state index < -0.39 is 33.5 Å². The minimum Gasteiger partial charge on any atom is -0.480 e. The highest BCUT2D eigenvalue weighted by Crippen LogP contribution is 2.35. The van der Waals surface area contributed by atoms with Gasteiger partial charge in [-0.3, -0.25) is 9.59 Å². The van der Waals surface area contributed by atoms with Crippen LogP contribution in [0.5, 0.6) is 0 Å². The Morgan fingerprint density at radius 3 is 2.16 bits per heavy atom. The molecule has 0 aromatic heterocycles. The van der Waals surface area contributed by atoms with Gasteiger partial charge in [0.1, 0.15) is 5.54 Å². The Balaban J connectivity index is 2.03. The monoisotopic (exact) mass is 369 g/mol. The fraction of sp³-hybridized carbons (Fsp3) is 0.400. The Morgan fingerprint density at radius 2 is 1.72 bits per heavy atom. The Morgan fingerprint density at radius 1 is 1.16 bits per heavy atom. The first-order valence-electron chi connectivity index (χ1n) is 7.51. The van der Waals surface area contributed by atoms with Gasteiger partial charge in [0.15, 0.2) is 0 Å². The zero-order valence-corrected chi connectivity index (χ0v) is 14.5. The number of anilines is 1. The zero-order valence-electron chi connectivity index (χ0n) is 13.7. The summed E-state index contributed by atoms with van der Waals surface area (Å²) in [5.74, 6) is -2.13. The Hall–Kier alpha value is -2.46. The zero-order chi connectivity index (χ0) is 18.8. The normalized spacial score (nSPS) is 16.6. The summed E-state index contributed by atoms with van der Waals surface area (Å²) in [6.45, 7) is 2.66. The molecule has 4 N–H and O–H groups in total. The largest absolute Gasteiger partial charge is 0.480 e. The lowest BCUT2D eigenvalue weighted by molar-refractivity contribution is -0.143. The fourth-order valence-corrected chi connectivity index (χ4v) is 3.34. The van der Waals surface area contributed by atoms with Crippen molar-refractivity contribution < 1.29 is 27.9 Å². The maximum absolute atomic E-state index is 12.3. The molecule has 0 bridgehead atoms. The van der Waals surface area contributed by atoms with E-state index in [1.54, 1.807) is 0 Å². The third-order valence-electron chi connectivity index (χ3n) is 3.73. The molecule has 10 heteroatoms. The van der Waals surface area contributed by atoms with E-state index in [4.69, 9.17) is 5.11 Å². The quantitative estimate of drug-likeness (QED) is 0.535. The van der Waals surface area contributed by atoms with Crippen LogP contribution in [0.4, 0.5) is 5.69 Å². The molecule has 1 fully saturated rings. The van der Waals surface area contributed by atoms with Gasteiger partial charge in [-0.2, -0.15) is 4.72 Å². The van der Waals surface area contributed by atoms with E-state index in [-0.39, 0.29) is 10.8 Å². The molecule has 0 radical (unpaired) electrons. The number of carboxylic acid groups (broad SMARTS) is 1. The lowest BCUT2D eigenvalue weighted by Gasteiger charge is -2.18. The van der Waals surface area contributed by atoms with Gasteiger partial charge in [-0.05, 0) is 44.0 Å². The summed E-state index contributed by atoms with van der Waals surface area (Å²) in [7, 11) is -3.98. The van der Waals surface area contributed by atoms with Crippen molar-refractivity contribution in [3.63, 3.8) is 0 Å². The number of hydrogen-bond acceptors (Lipinski definition) is 5. The molecule has 1 aliphatic carbocycles. The minimum absolute atomic E-state index is 0.0828. The number of sulfonamides is 1. The first-order valence-corrected chi connectivity index (χ1v) is 8.99. The molecule has 9 nitrogen and oxygen atoms in total. The van der Waals surface area contributed by atoms with Gasteiger partial charge in [0.25, 0.3) is 0 Å². The molecule has 1 saturated carbocycles. The molecule has 1 unspecified atom stereocenters. The van der Waals surface area contributed by atoms with Crippen molar-refractivity contribution in [2.24, 2.45) is 0 Å². The SMILES string of the molecule is CC(=O)Nc1ccc(S(=O)(=O)NC(C)C(=O)NC2(C(=O)O)CC2)cc1. The van der Waals surface area contributed by atoms with Crippen LogP contribution in [0.1, 0.15) is 26.7 Å². The summed E-state index contributed by atoms with van der Waals surface area (Å²) in [6, 6.07) is 4.28. The third kappa shape index (κ3) is 4.54. The van der Waals surface area contributed by atoms with Crippen molar-refractivity contribution >= 4 is 33.5 Å². The molecule has 2 rings (SSSR count). The average Bonchev–Trinajstić information content (AvgIpc) is 3.27. The number of amides is 2. The highest BCUT2D eigenvalue weighted by atomic mass is 32.2. The second-order valence-electron chi connectivity index (χ2n) is 5.93. The lowest BCUT2D eigenvalue weighted by Crippen LogP contribution is -2.51. The Labute approximate surface area is 144 Å². The summed E-state index contributed by atoms with van der Waals surface area (Å²) < 4.78 is 26.8. The van der Waals surface area contributed by atoms with Gasteiger partial charge in [0.05, 0.1) is 10.9 Å². The van der Waals surface area contributed by atoms with Gasteiger partial charge in [-0.25, -0.2) is 13.2 Å². The van der Waals surface area contributed by atoms with Crippen LogP contribution in [0.3, 0.4) is 0 Å². The summed E-state index contributed by atoms with van der Waals surface area (Å²) in [5, 5.41) is 13.9. The van der Waals surface area contributed by atoms with Gasteiger partial charge in [-0.15, -0.1) is 0 Å². The number of nitrogens with one attached hydrogen (secondary N) is 3. The van der Waals surface area contributed by atoms with Crippen LogP contribution in [0, 0.1) is 0 Å². The van der Waals surface area contributed by atoms with E-state index in [9.17, 15) is 22.8 Å². The number of carbonyl (C=O) groups is 3. The van der Waals surface area contributed by atoms with Gasteiger partial charge >= 0.3 is 5.97 Å². The van der Waals surface area contributed by atoms with Gasteiger partial charge in [0.2, 0.25) is 21.8 Å². The van der Waals surface area contributed by atoms with Crippen molar-refractivity contribution in [1.29, 1.82) is 0 Å². The van der Waals surface area contributed by atoms with Crippen LogP contribution in [-0.4, -0.2) is 42.9 Å². The molecule has 0 saturated heterocycles. The van der Waals surface area contributed by atoms with Crippen molar-refractivity contribution in [3.8, 4) is 0 Å². The molecular formula is C15H19N3O6S. The van der Waals surface area contributed by atoms with Crippen molar-refractivity contribution in [2.45, 2.75) is 43.2 Å². The number of hydrogen-bond donors (Lipinski definition) is 4. The lowest BCUT2D eigenvalue weighted by atomic mass is 10.2. The Kier molecular flexibility index (Phi) is 5.14. The summed E-state index contributed by atoms with van der Waals surface area (Å²) in [4.78, 5) is 34.0. The molecule has 1 aromatic carbocycles. The molecule has 1 aromatic rings. The number of rotatable bonds is 7. The van der Waals surface area contributed by atoms with E-state index in [2.05, 4.69) is 15.4 Å².